The maximum absolute atomic E-state index is 11.7. The van der Waals surface area contributed by atoms with Crippen LogP contribution in [0.25, 0.3) is 0 Å². The largest absolute Gasteiger partial charge is 0.300 e. The lowest BCUT2D eigenvalue weighted by Gasteiger charge is -2.10. The van der Waals surface area contributed by atoms with E-state index in [9.17, 15) is 9.59 Å². The van der Waals surface area contributed by atoms with Gasteiger partial charge in [-0.1, -0.05) is 6.92 Å². The van der Waals surface area contributed by atoms with Gasteiger partial charge in [-0.25, -0.2) is 0 Å². The number of likely N-dealkylation sites (N-methyl/N-ethyl adjacent to an activating group) is 1. The molecular formula is C13H20N4O2. The quantitative estimate of drug-likeness (QED) is 0.795. The maximum atomic E-state index is 11.7. The number of nitrogens with one attached hydrogen (secondary N) is 1. The van der Waals surface area contributed by atoms with Crippen molar-refractivity contribution in [2.24, 2.45) is 0 Å². The van der Waals surface area contributed by atoms with Crippen molar-refractivity contribution in [1.29, 1.82) is 0 Å². The predicted molar refractivity (Wildman–Crippen MR) is 70.3 cm³/mol. The molecule has 1 saturated heterocycles. The summed E-state index contributed by atoms with van der Waals surface area (Å²) >= 11 is 0. The SMILES string of the molecule is CCC(C)n1ccc(CNC2CC(=O)N(C)C2=O)n1. The zero-order chi connectivity index (χ0) is 14.0. The molecule has 1 aromatic heterocycles. The predicted octanol–water partition coefficient (Wildman–Crippen LogP) is 0.701. The minimum atomic E-state index is -0.411. The van der Waals surface area contributed by atoms with Crippen LogP contribution < -0.4 is 5.32 Å². The maximum Gasteiger partial charge on any atom is 0.246 e. The van der Waals surface area contributed by atoms with Crippen molar-refractivity contribution in [3.05, 3.63) is 18.0 Å². The van der Waals surface area contributed by atoms with E-state index < -0.39 is 6.04 Å². The van der Waals surface area contributed by atoms with Gasteiger partial charge >= 0.3 is 0 Å². The highest BCUT2D eigenvalue weighted by Gasteiger charge is 2.35. The summed E-state index contributed by atoms with van der Waals surface area (Å²) < 4.78 is 1.92. The molecule has 6 nitrogen and oxygen atoms in total. The molecular weight excluding hydrogens is 244 g/mol. The molecule has 1 fully saturated rings. The van der Waals surface area contributed by atoms with Crippen LogP contribution in [0.1, 0.15) is 38.4 Å². The summed E-state index contributed by atoms with van der Waals surface area (Å²) in [7, 11) is 1.52. The van der Waals surface area contributed by atoms with Crippen LogP contribution in [0.4, 0.5) is 0 Å². The number of likely N-dealkylation sites (tertiary alicyclic amines) is 1. The highest BCUT2D eigenvalue weighted by molar-refractivity contribution is 6.05. The number of carbonyl (C=O) groups is 2. The first-order valence-corrected chi connectivity index (χ1v) is 6.60. The van der Waals surface area contributed by atoms with Crippen LogP contribution in [0.5, 0.6) is 0 Å². The molecule has 19 heavy (non-hydrogen) atoms. The molecule has 1 N–H and O–H groups in total. The van der Waals surface area contributed by atoms with Gasteiger partial charge in [-0.05, 0) is 19.4 Å². The van der Waals surface area contributed by atoms with Gasteiger partial charge in [0.1, 0.15) is 0 Å². The van der Waals surface area contributed by atoms with Crippen molar-refractivity contribution in [3.63, 3.8) is 0 Å². The zero-order valence-electron chi connectivity index (χ0n) is 11.6. The molecule has 2 unspecified atom stereocenters. The van der Waals surface area contributed by atoms with E-state index in [-0.39, 0.29) is 18.2 Å². The van der Waals surface area contributed by atoms with Gasteiger partial charge in [-0.3, -0.25) is 24.5 Å². The normalized spacial score (nSPS) is 21.2. The third-order valence-electron chi connectivity index (χ3n) is 3.62. The van der Waals surface area contributed by atoms with E-state index in [0.29, 0.717) is 12.6 Å². The number of rotatable bonds is 5. The van der Waals surface area contributed by atoms with Crippen LogP contribution in [0.2, 0.25) is 0 Å². The number of nitrogens with zero attached hydrogens (tertiary/aromatic N) is 3. The van der Waals surface area contributed by atoms with Gasteiger partial charge in [0, 0.05) is 25.8 Å². The van der Waals surface area contributed by atoms with Crippen LogP contribution in [-0.2, 0) is 16.1 Å². The van der Waals surface area contributed by atoms with Gasteiger partial charge in [0.05, 0.1) is 18.2 Å². The first-order chi connectivity index (χ1) is 9.02. The van der Waals surface area contributed by atoms with Gasteiger partial charge in [-0.2, -0.15) is 5.10 Å². The average molecular weight is 264 g/mol. The summed E-state index contributed by atoms with van der Waals surface area (Å²) in [5.41, 5.74) is 0.884. The Labute approximate surface area is 112 Å². The van der Waals surface area contributed by atoms with E-state index >= 15 is 0 Å². The summed E-state index contributed by atoms with van der Waals surface area (Å²) in [6.07, 6.45) is 3.20. The molecule has 0 radical (unpaired) electrons. The first-order valence-electron chi connectivity index (χ1n) is 6.60. The Kier molecular flexibility index (Phi) is 3.99. The lowest BCUT2D eigenvalue weighted by atomic mass is 10.2. The van der Waals surface area contributed by atoms with Crippen molar-refractivity contribution in [1.82, 2.24) is 20.0 Å². The number of carbonyl (C=O) groups excluding carboxylic acids is 2. The van der Waals surface area contributed by atoms with Crippen molar-refractivity contribution < 1.29 is 9.59 Å². The Hall–Kier alpha value is -1.69. The Bertz CT molecular complexity index is 483. The van der Waals surface area contributed by atoms with E-state index in [4.69, 9.17) is 0 Å². The second-order valence-corrected chi connectivity index (χ2v) is 4.97. The lowest BCUT2D eigenvalue weighted by molar-refractivity contribution is -0.137. The standard InChI is InChI=1S/C13H20N4O2/c1-4-9(2)17-6-5-10(15-17)8-14-11-7-12(18)16(3)13(11)19/h5-6,9,11,14H,4,7-8H2,1-3H3. The molecule has 104 valence electrons. The Balaban J connectivity index is 1.91. The average Bonchev–Trinajstić information content (AvgIpc) is 2.97. The molecule has 1 aliphatic rings. The molecule has 0 saturated carbocycles. The summed E-state index contributed by atoms with van der Waals surface area (Å²) in [5.74, 6) is -0.293. The third-order valence-corrected chi connectivity index (χ3v) is 3.62. The van der Waals surface area contributed by atoms with Crippen LogP contribution >= 0.6 is 0 Å². The van der Waals surface area contributed by atoms with Gasteiger partial charge in [-0.15, -0.1) is 0 Å². The summed E-state index contributed by atoms with van der Waals surface area (Å²) in [5, 5.41) is 7.54. The number of imide groups is 1. The fourth-order valence-corrected chi connectivity index (χ4v) is 2.05. The van der Waals surface area contributed by atoms with Crippen LogP contribution in [0, 0.1) is 0 Å². The van der Waals surface area contributed by atoms with Crippen LogP contribution in [0.3, 0.4) is 0 Å². The fourth-order valence-electron chi connectivity index (χ4n) is 2.05. The smallest absolute Gasteiger partial charge is 0.246 e. The van der Waals surface area contributed by atoms with E-state index in [1.807, 2.05) is 16.9 Å². The highest BCUT2D eigenvalue weighted by Crippen LogP contribution is 2.12. The molecule has 2 rings (SSSR count). The Morgan fingerprint density at radius 3 is 2.84 bits per heavy atom. The van der Waals surface area contributed by atoms with Crippen molar-refractivity contribution in [3.8, 4) is 0 Å². The number of aromatic nitrogens is 2. The molecule has 0 bridgehead atoms. The molecule has 2 atom stereocenters. The second-order valence-electron chi connectivity index (χ2n) is 4.97. The number of hydrogen-bond acceptors (Lipinski definition) is 4. The van der Waals surface area contributed by atoms with Gasteiger partial charge < -0.3 is 0 Å². The van der Waals surface area contributed by atoms with E-state index in [1.165, 1.54) is 11.9 Å². The van der Waals surface area contributed by atoms with Crippen molar-refractivity contribution in [2.75, 3.05) is 7.05 Å². The van der Waals surface area contributed by atoms with Gasteiger partial charge in [0.25, 0.3) is 0 Å². The summed E-state index contributed by atoms with van der Waals surface area (Å²) in [4.78, 5) is 24.3. The van der Waals surface area contributed by atoms with Crippen molar-refractivity contribution in [2.45, 2.75) is 45.3 Å². The van der Waals surface area contributed by atoms with Crippen molar-refractivity contribution >= 4 is 11.8 Å². The number of amides is 2. The fraction of sp³-hybridized carbons (Fsp3) is 0.615. The monoisotopic (exact) mass is 264 g/mol. The molecule has 2 amide bonds. The lowest BCUT2D eigenvalue weighted by Crippen LogP contribution is -2.36. The second kappa shape index (κ2) is 5.52. The van der Waals surface area contributed by atoms with Gasteiger partial charge in [0.2, 0.25) is 11.8 Å². The van der Waals surface area contributed by atoms with Crippen LogP contribution in [-0.4, -0.2) is 39.6 Å². The van der Waals surface area contributed by atoms with E-state index in [0.717, 1.165) is 12.1 Å². The molecule has 1 aromatic rings. The van der Waals surface area contributed by atoms with E-state index in [1.54, 1.807) is 0 Å². The first kappa shape index (κ1) is 13.7. The minimum Gasteiger partial charge on any atom is -0.300 e. The zero-order valence-corrected chi connectivity index (χ0v) is 11.6. The third kappa shape index (κ3) is 2.84. The molecule has 0 aliphatic carbocycles. The number of hydrogen-bond donors (Lipinski definition) is 1. The van der Waals surface area contributed by atoms with Crippen LogP contribution in [0.15, 0.2) is 12.3 Å². The Morgan fingerprint density at radius 1 is 1.53 bits per heavy atom. The van der Waals surface area contributed by atoms with E-state index in [2.05, 4.69) is 24.3 Å². The summed E-state index contributed by atoms with van der Waals surface area (Å²) in [6.45, 7) is 4.72. The Morgan fingerprint density at radius 2 is 2.26 bits per heavy atom. The topological polar surface area (TPSA) is 67.2 Å². The molecule has 2 heterocycles. The highest BCUT2D eigenvalue weighted by atomic mass is 16.2. The van der Waals surface area contributed by atoms with Gasteiger partial charge in [0.15, 0.2) is 0 Å². The molecule has 0 spiro atoms. The molecule has 6 heteroatoms. The minimum absolute atomic E-state index is 0.132. The molecule has 0 aromatic carbocycles. The summed E-state index contributed by atoms with van der Waals surface area (Å²) in [6, 6.07) is 1.89. The molecule has 1 aliphatic heterocycles.